The molecule has 1 aliphatic rings. The number of thioether (sulfide) groups is 1. The molecular formula is C19H24N2O4S2. The highest BCUT2D eigenvalue weighted by Crippen LogP contribution is 2.33. The van der Waals surface area contributed by atoms with Gasteiger partial charge in [0.25, 0.3) is 5.91 Å². The van der Waals surface area contributed by atoms with Crippen molar-refractivity contribution in [2.75, 3.05) is 7.11 Å². The van der Waals surface area contributed by atoms with Crippen LogP contribution in [-0.2, 0) is 9.59 Å². The zero-order valence-corrected chi connectivity index (χ0v) is 17.1. The van der Waals surface area contributed by atoms with Gasteiger partial charge < -0.3 is 9.84 Å². The van der Waals surface area contributed by atoms with Crippen molar-refractivity contribution in [3.63, 3.8) is 0 Å². The average Bonchev–Trinajstić information content (AvgIpc) is 2.90. The number of hydrazine groups is 1. The molecule has 2 N–H and O–H groups in total. The summed E-state index contributed by atoms with van der Waals surface area (Å²) in [4.78, 5) is 25.0. The van der Waals surface area contributed by atoms with Crippen molar-refractivity contribution in [2.45, 2.75) is 45.4 Å². The van der Waals surface area contributed by atoms with Gasteiger partial charge in [0.15, 0.2) is 15.8 Å². The van der Waals surface area contributed by atoms with Crippen LogP contribution in [0.25, 0.3) is 6.08 Å². The zero-order chi connectivity index (χ0) is 19.8. The Kier molecular flexibility index (Phi) is 8.12. The molecule has 1 fully saturated rings. The van der Waals surface area contributed by atoms with Crippen LogP contribution in [0.5, 0.6) is 11.5 Å². The third-order valence-corrected chi connectivity index (χ3v) is 5.34. The van der Waals surface area contributed by atoms with Gasteiger partial charge >= 0.3 is 0 Å². The van der Waals surface area contributed by atoms with Crippen LogP contribution in [0.3, 0.4) is 0 Å². The largest absolute Gasteiger partial charge is 0.504 e. The number of nitrogens with zero attached hydrogens (tertiary/aromatic N) is 1. The quantitative estimate of drug-likeness (QED) is 0.365. The van der Waals surface area contributed by atoms with Gasteiger partial charge in [-0.1, -0.05) is 50.4 Å². The maximum atomic E-state index is 12.5. The van der Waals surface area contributed by atoms with E-state index in [1.165, 1.54) is 19.6 Å². The van der Waals surface area contributed by atoms with Crippen LogP contribution in [0.2, 0.25) is 0 Å². The van der Waals surface area contributed by atoms with Gasteiger partial charge in [0.2, 0.25) is 5.91 Å². The van der Waals surface area contributed by atoms with E-state index in [0.717, 1.165) is 42.5 Å². The number of hydrogen-bond donors (Lipinski definition) is 2. The van der Waals surface area contributed by atoms with Crippen LogP contribution in [0.1, 0.15) is 51.0 Å². The maximum absolute atomic E-state index is 12.5. The fourth-order valence-electron chi connectivity index (χ4n) is 2.57. The second-order valence-corrected chi connectivity index (χ2v) is 7.82. The Morgan fingerprint density at radius 3 is 2.78 bits per heavy atom. The second kappa shape index (κ2) is 10.3. The number of thiocarbonyl (C=S) groups is 1. The molecule has 6 nitrogen and oxygen atoms in total. The summed E-state index contributed by atoms with van der Waals surface area (Å²) < 4.78 is 5.36. The second-order valence-electron chi connectivity index (χ2n) is 6.15. The molecule has 0 saturated carbocycles. The summed E-state index contributed by atoms with van der Waals surface area (Å²) in [5.74, 6) is -0.240. The fraction of sp³-hybridized carbons (Fsp3) is 0.421. The van der Waals surface area contributed by atoms with Crippen molar-refractivity contribution < 1.29 is 19.4 Å². The molecule has 27 heavy (non-hydrogen) atoms. The van der Waals surface area contributed by atoms with E-state index in [4.69, 9.17) is 17.0 Å². The predicted octanol–water partition coefficient (Wildman–Crippen LogP) is 3.99. The number of ether oxygens (including phenoxy) is 1. The minimum Gasteiger partial charge on any atom is -0.504 e. The molecule has 0 radical (unpaired) electrons. The van der Waals surface area contributed by atoms with Crippen molar-refractivity contribution in [1.82, 2.24) is 10.4 Å². The number of benzene rings is 1. The van der Waals surface area contributed by atoms with Crippen LogP contribution in [0.15, 0.2) is 23.1 Å². The lowest BCUT2D eigenvalue weighted by atomic mass is 10.1. The van der Waals surface area contributed by atoms with E-state index in [9.17, 15) is 14.7 Å². The van der Waals surface area contributed by atoms with Crippen molar-refractivity contribution in [3.8, 4) is 11.5 Å². The highest BCUT2D eigenvalue weighted by Gasteiger charge is 2.33. The van der Waals surface area contributed by atoms with Crippen molar-refractivity contribution in [2.24, 2.45) is 0 Å². The van der Waals surface area contributed by atoms with Gasteiger partial charge in [-0.25, -0.2) is 0 Å². The van der Waals surface area contributed by atoms with Crippen LogP contribution in [0.4, 0.5) is 0 Å². The van der Waals surface area contributed by atoms with Gasteiger partial charge in [-0.05, 0) is 42.4 Å². The molecule has 0 spiro atoms. The lowest BCUT2D eigenvalue weighted by molar-refractivity contribution is -0.133. The van der Waals surface area contributed by atoms with Crippen LogP contribution in [0, 0.1) is 0 Å². The standard InChI is InChI=1S/C19H24N2O4S2/c1-3-4-5-6-7-8-17(23)20-21-18(24)16(27-19(21)26)12-13-9-10-14(22)15(11-13)25-2/h9-12,22H,3-8H2,1-2H3,(H,20,23)/b16-12+. The van der Waals surface area contributed by atoms with Crippen molar-refractivity contribution in [3.05, 3.63) is 28.7 Å². The molecule has 1 aromatic rings. The van der Waals surface area contributed by atoms with E-state index in [0.29, 0.717) is 22.6 Å². The van der Waals surface area contributed by atoms with E-state index < -0.39 is 0 Å². The number of amides is 2. The Bertz CT molecular complexity index is 749. The van der Waals surface area contributed by atoms with Gasteiger partial charge in [0.1, 0.15) is 0 Å². The van der Waals surface area contributed by atoms with Gasteiger partial charge in [-0.2, -0.15) is 5.01 Å². The average molecular weight is 409 g/mol. The Labute approximate surface area is 168 Å². The zero-order valence-electron chi connectivity index (χ0n) is 15.5. The molecule has 2 rings (SSSR count). The van der Waals surface area contributed by atoms with E-state index in [-0.39, 0.29) is 21.9 Å². The van der Waals surface area contributed by atoms with Crippen LogP contribution in [-0.4, -0.2) is 33.4 Å². The van der Waals surface area contributed by atoms with Gasteiger partial charge in [0.05, 0.1) is 12.0 Å². The molecule has 0 unspecified atom stereocenters. The molecule has 1 aliphatic heterocycles. The molecule has 0 atom stereocenters. The molecule has 0 aromatic heterocycles. The number of nitrogens with one attached hydrogen (secondary N) is 1. The van der Waals surface area contributed by atoms with Crippen molar-refractivity contribution >= 4 is 46.2 Å². The van der Waals surface area contributed by atoms with Crippen molar-refractivity contribution in [1.29, 1.82) is 0 Å². The lowest BCUT2D eigenvalue weighted by Crippen LogP contribution is -2.44. The monoisotopic (exact) mass is 408 g/mol. The molecule has 146 valence electrons. The minimum atomic E-state index is -0.364. The number of rotatable bonds is 9. The third-order valence-electron chi connectivity index (χ3n) is 4.04. The third kappa shape index (κ3) is 5.97. The van der Waals surface area contributed by atoms with Crippen LogP contribution < -0.4 is 10.2 Å². The fourth-order valence-corrected chi connectivity index (χ4v) is 3.75. The summed E-state index contributed by atoms with van der Waals surface area (Å²) in [6.07, 6.45) is 7.26. The number of hydrogen-bond acceptors (Lipinski definition) is 6. The Morgan fingerprint density at radius 2 is 2.07 bits per heavy atom. The molecule has 1 saturated heterocycles. The van der Waals surface area contributed by atoms with E-state index in [2.05, 4.69) is 12.3 Å². The molecular weight excluding hydrogens is 384 g/mol. The minimum absolute atomic E-state index is 0.0217. The summed E-state index contributed by atoms with van der Waals surface area (Å²) in [5, 5.41) is 10.8. The molecule has 2 amide bonds. The molecule has 1 heterocycles. The predicted molar refractivity (Wildman–Crippen MR) is 111 cm³/mol. The summed E-state index contributed by atoms with van der Waals surface area (Å²) in [6, 6.07) is 4.78. The first kappa shape index (κ1) is 21.2. The molecule has 1 aromatic carbocycles. The maximum Gasteiger partial charge on any atom is 0.285 e. The summed E-state index contributed by atoms with van der Waals surface area (Å²) in [7, 11) is 1.45. The first-order chi connectivity index (χ1) is 13.0. The summed E-state index contributed by atoms with van der Waals surface area (Å²) in [6.45, 7) is 2.14. The number of aromatic hydroxyl groups is 1. The highest BCUT2D eigenvalue weighted by molar-refractivity contribution is 8.26. The summed E-state index contributed by atoms with van der Waals surface area (Å²) >= 11 is 6.34. The number of phenolic OH excluding ortho intramolecular Hbond substituents is 1. The topological polar surface area (TPSA) is 78.9 Å². The van der Waals surface area contributed by atoms with Crippen LogP contribution >= 0.6 is 24.0 Å². The normalized spacial score (nSPS) is 15.5. The Hall–Kier alpha value is -2.06. The lowest BCUT2D eigenvalue weighted by Gasteiger charge is -2.15. The Morgan fingerprint density at radius 1 is 1.33 bits per heavy atom. The first-order valence-corrected chi connectivity index (χ1v) is 10.1. The van der Waals surface area contributed by atoms with E-state index in [1.807, 2.05) is 0 Å². The Balaban J connectivity index is 1.97. The number of phenols is 1. The SMILES string of the molecule is CCCCCCCC(=O)NN1C(=O)/C(=C\c2ccc(O)c(OC)c2)SC1=S. The van der Waals surface area contributed by atoms with Gasteiger partial charge in [0, 0.05) is 6.42 Å². The number of unbranched alkanes of at least 4 members (excludes halogenated alkanes) is 4. The van der Waals surface area contributed by atoms with E-state index in [1.54, 1.807) is 18.2 Å². The molecule has 0 aliphatic carbocycles. The molecule has 8 heteroatoms. The first-order valence-electron chi connectivity index (χ1n) is 8.90. The number of methoxy groups -OCH3 is 1. The van der Waals surface area contributed by atoms with Gasteiger partial charge in [-0.3, -0.25) is 15.0 Å². The highest BCUT2D eigenvalue weighted by atomic mass is 32.2. The van der Waals surface area contributed by atoms with Gasteiger partial charge in [-0.15, -0.1) is 0 Å². The van der Waals surface area contributed by atoms with E-state index >= 15 is 0 Å². The smallest absolute Gasteiger partial charge is 0.285 e. The summed E-state index contributed by atoms with van der Waals surface area (Å²) in [5.41, 5.74) is 3.28. The number of carbonyl (C=O) groups excluding carboxylic acids is 2. The number of carbonyl (C=O) groups is 2. The molecule has 0 bridgehead atoms.